The molecule has 2 aromatic carbocycles. The van der Waals surface area contributed by atoms with E-state index in [1.807, 2.05) is 0 Å². The number of ether oxygens (including phenoxy) is 1. The van der Waals surface area contributed by atoms with Crippen LogP contribution in [0, 0.1) is 5.82 Å². The van der Waals surface area contributed by atoms with Gasteiger partial charge in [0.05, 0.1) is 24.9 Å². The van der Waals surface area contributed by atoms with Gasteiger partial charge in [-0.15, -0.1) is 0 Å². The first kappa shape index (κ1) is 19.7. The Morgan fingerprint density at radius 3 is 2.80 bits per heavy atom. The number of benzene rings is 2. The molecule has 9 heteroatoms. The van der Waals surface area contributed by atoms with Crippen molar-refractivity contribution in [2.75, 3.05) is 12.4 Å². The topological polar surface area (TPSA) is 89.0 Å². The Hall–Kier alpha value is -3.65. The highest BCUT2D eigenvalue weighted by Gasteiger charge is 2.12. The molecule has 0 fully saturated rings. The molecule has 2 aromatic heterocycles. The van der Waals surface area contributed by atoms with Crippen LogP contribution in [0.2, 0.25) is 5.02 Å². The quantitative estimate of drug-likeness (QED) is 0.508. The molecule has 7 nitrogen and oxygen atoms in total. The molecule has 0 atom stereocenters. The first-order chi connectivity index (χ1) is 14.5. The van der Waals surface area contributed by atoms with Gasteiger partial charge in [0, 0.05) is 22.7 Å². The number of rotatable bonds is 5. The second kappa shape index (κ2) is 8.00. The van der Waals surface area contributed by atoms with Gasteiger partial charge in [0.1, 0.15) is 5.82 Å². The number of aromatic nitrogens is 3. The summed E-state index contributed by atoms with van der Waals surface area (Å²) in [5, 5.41) is 4.28. The highest BCUT2D eigenvalue weighted by molar-refractivity contribution is 6.30. The van der Waals surface area contributed by atoms with Gasteiger partial charge in [-0.2, -0.15) is 4.98 Å². The Kier molecular flexibility index (Phi) is 5.24. The number of fused-ring (bicyclic) bond motifs is 1. The summed E-state index contributed by atoms with van der Waals surface area (Å²) >= 11 is 5.89. The lowest BCUT2D eigenvalue weighted by Crippen LogP contribution is -2.19. The molecular weight excluding hydrogens is 411 g/mol. The fourth-order valence-corrected chi connectivity index (χ4v) is 3.32. The van der Waals surface area contributed by atoms with E-state index in [0.29, 0.717) is 22.0 Å². The third-order valence-electron chi connectivity index (χ3n) is 4.58. The number of anilines is 2. The van der Waals surface area contributed by atoms with Crippen LogP contribution in [-0.4, -0.2) is 21.6 Å². The fourth-order valence-electron chi connectivity index (χ4n) is 3.12. The summed E-state index contributed by atoms with van der Waals surface area (Å²) < 4.78 is 20.3. The van der Waals surface area contributed by atoms with Crippen LogP contribution < -0.4 is 21.2 Å². The van der Waals surface area contributed by atoms with E-state index < -0.39 is 11.4 Å². The molecule has 0 radical (unpaired) electrons. The van der Waals surface area contributed by atoms with Crippen molar-refractivity contribution in [3.05, 3.63) is 92.0 Å². The van der Waals surface area contributed by atoms with E-state index >= 15 is 0 Å². The first-order valence-corrected chi connectivity index (χ1v) is 9.31. The van der Waals surface area contributed by atoms with Crippen molar-refractivity contribution in [3.63, 3.8) is 0 Å². The predicted octanol–water partition coefficient (Wildman–Crippen LogP) is 3.68. The molecular formula is C21H16ClFN4O3. The zero-order valence-corrected chi connectivity index (χ0v) is 16.5. The number of pyridine rings is 1. The Labute approximate surface area is 174 Å². The van der Waals surface area contributed by atoms with E-state index in [0.717, 1.165) is 0 Å². The van der Waals surface area contributed by atoms with Gasteiger partial charge >= 0.3 is 5.56 Å². The summed E-state index contributed by atoms with van der Waals surface area (Å²) in [6.07, 6.45) is 3.05. The van der Waals surface area contributed by atoms with Gasteiger partial charge in [-0.1, -0.05) is 23.7 Å². The first-order valence-electron chi connectivity index (χ1n) is 8.93. The average molecular weight is 427 g/mol. The highest BCUT2D eigenvalue weighted by Crippen LogP contribution is 2.25. The minimum atomic E-state index is -0.550. The maximum atomic E-state index is 13.5. The molecule has 2 heterocycles. The molecule has 0 aliphatic heterocycles. The van der Waals surface area contributed by atoms with Gasteiger partial charge in [-0.05, 0) is 35.9 Å². The molecule has 0 unspecified atom stereocenters. The van der Waals surface area contributed by atoms with Crippen LogP contribution in [-0.2, 0) is 6.54 Å². The Bertz CT molecular complexity index is 1370. The van der Waals surface area contributed by atoms with Crippen molar-refractivity contribution < 1.29 is 9.13 Å². The van der Waals surface area contributed by atoms with E-state index in [-0.39, 0.29) is 28.8 Å². The smallest absolute Gasteiger partial charge is 0.316 e. The summed E-state index contributed by atoms with van der Waals surface area (Å²) in [5.74, 6) is -0.229. The normalized spacial score (nSPS) is 10.9. The van der Waals surface area contributed by atoms with Gasteiger partial charge in [0.25, 0.3) is 5.56 Å². The molecule has 0 saturated carbocycles. The molecule has 30 heavy (non-hydrogen) atoms. The third kappa shape index (κ3) is 3.77. The van der Waals surface area contributed by atoms with Crippen molar-refractivity contribution in [2.45, 2.75) is 6.54 Å². The number of halogens is 2. The summed E-state index contributed by atoms with van der Waals surface area (Å²) in [5.41, 5.74) is 0.525. The molecule has 0 spiro atoms. The number of aromatic amines is 1. The number of hydrogen-bond acceptors (Lipinski definition) is 5. The Balaban J connectivity index is 1.80. The number of hydrogen-bond donors (Lipinski definition) is 2. The van der Waals surface area contributed by atoms with Crippen molar-refractivity contribution in [1.82, 2.24) is 14.5 Å². The standard InChI is InChI=1S/C21H16ClFN4O3/c1-30-18-11-27(10-12-5-6-16(23)15(22)9-12)21(26-20(18)29)25-17-4-2-3-14-13(17)7-8-24-19(14)28/h2-9,11H,10H2,1H3,(H,24,28)(H,25,26,29). The molecule has 0 aliphatic rings. The maximum absolute atomic E-state index is 13.5. The predicted molar refractivity (Wildman–Crippen MR) is 113 cm³/mol. The summed E-state index contributed by atoms with van der Waals surface area (Å²) in [7, 11) is 1.38. The number of nitrogens with one attached hydrogen (secondary N) is 2. The SMILES string of the molecule is COc1cn(Cc2ccc(F)c(Cl)c2)c(Nc2cccc3c(=O)[nH]ccc23)nc1=O. The molecule has 2 N–H and O–H groups in total. The Morgan fingerprint density at radius 1 is 1.20 bits per heavy atom. The summed E-state index contributed by atoms with van der Waals surface area (Å²) in [6, 6.07) is 11.3. The highest BCUT2D eigenvalue weighted by atomic mass is 35.5. The molecule has 152 valence electrons. The summed E-state index contributed by atoms with van der Waals surface area (Å²) in [6.45, 7) is 0.247. The van der Waals surface area contributed by atoms with Crippen LogP contribution in [0.25, 0.3) is 10.8 Å². The van der Waals surface area contributed by atoms with Gasteiger partial charge in [-0.25, -0.2) is 4.39 Å². The van der Waals surface area contributed by atoms with E-state index in [2.05, 4.69) is 15.3 Å². The van der Waals surface area contributed by atoms with E-state index in [9.17, 15) is 14.0 Å². The summed E-state index contributed by atoms with van der Waals surface area (Å²) in [4.78, 5) is 31.1. The van der Waals surface area contributed by atoms with Gasteiger partial charge < -0.3 is 19.6 Å². The Morgan fingerprint density at radius 2 is 2.03 bits per heavy atom. The van der Waals surface area contributed by atoms with Crippen molar-refractivity contribution >= 4 is 34.0 Å². The fraction of sp³-hybridized carbons (Fsp3) is 0.0952. The monoisotopic (exact) mass is 426 g/mol. The molecule has 0 saturated heterocycles. The minimum absolute atomic E-state index is 0.00347. The lowest BCUT2D eigenvalue weighted by atomic mass is 10.1. The zero-order valence-electron chi connectivity index (χ0n) is 15.8. The molecule has 4 aromatic rings. The van der Waals surface area contributed by atoms with Crippen molar-refractivity contribution in [1.29, 1.82) is 0 Å². The van der Waals surface area contributed by atoms with Crippen molar-refractivity contribution in [3.8, 4) is 5.75 Å². The van der Waals surface area contributed by atoms with E-state index in [1.54, 1.807) is 41.1 Å². The number of nitrogens with zero attached hydrogens (tertiary/aromatic N) is 2. The number of methoxy groups -OCH3 is 1. The lowest BCUT2D eigenvalue weighted by molar-refractivity contribution is 0.402. The van der Waals surface area contributed by atoms with E-state index in [4.69, 9.17) is 16.3 Å². The van der Waals surface area contributed by atoms with Gasteiger partial charge in [0.2, 0.25) is 11.7 Å². The van der Waals surface area contributed by atoms with Crippen LogP contribution >= 0.6 is 11.6 Å². The van der Waals surface area contributed by atoms with E-state index in [1.165, 1.54) is 25.4 Å². The zero-order chi connectivity index (χ0) is 21.3. The van der Waals surface area contributed by atoms with Gasteiger partial charge in [-0.3, -0.25) is 9.59 Å². The minimum Gasteiger partial charge on any atom is -0.490 e. The second-order valence-electron chi connectivity index (χ2n) is 6.51. The molecule has 0 aliphatic carbocycles. The molecule has 4 rings (SSSR count). The largest absolute Gasteiger partial charge is 0.490 e. The average Bonchev–Trinajstić information content (AvgIpc) is 2.73. The van der Waals surface area contributed by atoms with Crippen LogP contribution in [0.15, 0.2) is 64.4 Å². The van der Waals surface area contributed by atoms with Crippen LogP contribution in [0.4, 0.5) is 16.0 Å². The van der Waals surface area contributed by atoms with Crippen molar-refractivity contribution in [2.24, 2.45) is 0 Å². The third-order valence-corrected chi connectivity index (χ3v) is 4.87. The van der Waals surface area contributed by atoms with Crippen LogP contribution in [0.5, 0.6) is 5.75 Å². The van der Waals surface area contributed by atoms with Gasteiger partial charge in [0.15, 0.2) is 0 Å². The molecule has 0 bridgehead atoms. The van der Waals surface area contributed by atoms with Crippen LogP contribution in [0.1, 0.15) is 5.56 Å². The molecule has 0 amide bonds. The van der Waals surface area contributed by atoms with Crippen LogP contribution in [0.3, 0.4) is 0 Å². The lowest BCUT2D eigenvalue weighted by Gasteiger charge is -2.16. The maximum Gasteiger partial charge on any atom is 0.316 e. The number of H-pyrrole nitrogens is 1. The second-order valence-corrected chi connectivity index (χ2v) is 6.92.